The van der Waals surface area contributed by atoms with Crippen LogP contribution in [0.3, 0.4) is 0 Å². The van der Waals surface area contributed by atoms with Crippen LogP contribution in [0.4, 0.5) is 0 Å². The molecule has 2 aromatic rings. The van der Waals surface area contributed by atoms with Gasteiger partial charge in [-0.25, -0.2) is 9.48 Å². The second-order valence-electron chi connectivity index (χ2n) is 3.00. The van der Waals surface area contributed by atoms with Crippen LogP contribution in [0.25, 0.3) is 0 Å². The van der Waals surface area contributed by atoms with Crippen LogP contribution in [0, 0.1) is 0 Å². The lowest BCUT2D eigenvalue weighted by atomic mass is 10.4. The third-order valence-corrected chi connectivity index (χ3v) is 2.31. The molecule has 16 heavy (non-hydrogen) atoms. The van der Waals surface area contributed by atoms with Crippen molar-refractivity contribution in [2.75, 3.05) is 7.11 Å². The molecule has 2 rings (SSSR count). The summed E-state index contributed by atoms with van der Waals surface area (Å²) in [5.74, 6) is 0.208. The largest absolute Gasteiger partial charge is 0.464 e. The summed E-state index contributed by atoms with van der Waals surface area (Å²) < 4.78 is 12.0. The van der Waals surface area contributed by atoms with Gasteiger partial charge in [-0.2, -0.15) is 0 Å². The van der Waals surface area contributed by atoms with Gasteiger partial charge < -0.3 is 9.15 Å². The van der Waals surface area contributed by atoms with Crippen molar-refractivity contribution in [1.29, 1.82) is 0 Å². The smallest absolute Gasteiger partial charge is 0.360 e. The Hall–Kier alpha value is -1.63. The van der Waals surface area contributed by atoms with Crippen LogP contribution in [-0.4, -0.2) is 28.1 Å². The molecule has 0 atom stereocenters. The zero-order chi connectivity index (χ0) is 11.5. The van der Waals surface area contributed by atoms with E-state index >= 15 is 0 Å². The molecule has 0 fully saturated rings. The Morgan fingerprint density at radius 2 is 2.44 bits per heavy atom. The number of ether oxygens (including phenoxy) is 1. The summed E-state index contributed by atoms with van der Waals surface area (Å²) in [6.07, 6.45) is 1.50. The minimum Gasteiger partial charge on any atom is -0.464 e. The Balaban J connectivity index is 2.11. The summed E-state index contributed by atoms with van der Waals surface area (Å²) in [6, 6.07) is 3.59. The van der Waals surface area contributed by atoms with Crippen molar-refractivity contribution in [3.63, 3.8) is 0 Å². The zero-order valence-corrected chi connectivity index (χ0v) is 9.97. The molecule has 0 spiro atoms. The van der Waals surface area contributed by atoms with Gasteiger partial charge in [0.15, 0.2) is 10.4 Å². The van der Waals surface area contributed by atoms with E-state index in [0.717, 1.165) is 0 Å². The van der Waals surface area contributed by atoms with Crippen molar-refractivity contribution >= 4 is 21.9 Å². The van der Waals surface area contributed by atoms with Gasteiger partial charge in [0.25, 0.3) is 0 Å². The minimum absolute atomic E-state index is 0.174. The van der Waals surface area contributed by atoms with E-state index in [9.17, 15) is 4.79 Å². The SMILES string of the molecule is COC(=O)c1cn(Cc2ccc(Br)o2)nn1. The maximum atomic E-state index is 11.1. The number of esters is 1. The van der Waals surface area contributed by atoms with Crippen LogP contribution in [0.5, 0.6) is 0 Å². The number of hydrogen-bond acceptors (Lipinski definition) is 5. The molecule has 2 heterocycles. The van der Waals surface area contributed by atoms with Crippen LogP contribution >= 0.6 is 15.9 Å². The molecule has 0 aliphatic rings. The van der Waals surface area contributed by atoms with E-state index in [4.69, 9.17) is 4.42 Å². The molecule has 0 bridgehead atoms. The zero-order valence-electron chi connectivity index (χ0n) is 8.38. The summed E-state index contributed by atoms with van der Waals surface area (Å²) >= 11 is 3.20. The standard InChI is InChI=1S/C9H8BrN3O3/c1-15-9(14)7-5-13(12-11-7)4-6-2-3-8(10)16-6/h2-3,5H,4H2,1H3. The van der Waals surface area contributed by atoms with E-state index < -0.39 is 5.97 Å². The molecular formula is C9H8BrN3O3. The van der Waals surface area contributed by atoms with Gasteiger partial charge in [0.2, 0.25) is 0 Å². The highest BCUT2D eigenvalue weighted by atomic mass is 79.9. The van der Waals surface area contributed by atoms with Gasteiger partial charge in [0.1, 0.15) is 12.3 Å². The first-order valence-electron chi connectivity index (χ1n) is 4.41. The first-order valence-corrected chi connectivity index (χ1v) is 5.21. The van der Waals surface area contributed by atoms with Gasteiger partial charge in [0, 0.05) is 0 Å². The molecule has 0 amide bonds. The Morgan fingerprint density at radius 3 is 3.06 bits per heavy atom. The first kappa shape index (κ1) is 10.9. The van der Waals surface area contributed by atoms with Gasteiger partial charge in [0.05, 0.1) is 13.3 Å². The monoisotopic (exact) mass is 285 g/mol. The molecule has 0 aromatic carbocycles. The molecule has 0 N–H and O–H groups in total. The molecule has 0 saturated carbocycles. The molecule has 84 valence electrons. The minimum atomic E-state index is -0.508. The van der Waals surface area contributed by atoms with Crippen molar-refractivity contribution < 1.29 is 13.9 Å². The maximum Gasteiger partial charge on any atom is 0.360 e. The molecule has 6 nitrogen and oxygen atoms in total. The number of hydrogen-bond donors (Lipinski definition) is 0. The molecule has 0 saturated heterocycles. The van der Waals surface area contributed by atoms with Crippen LogP contribution in [0.2, 0.25) is 0 Å². The normalized spacial score (nSPS) is 10.4. The Bertz CT molecular complexity index is 506. The van der Waals surface area contributed by atoms with Crippen LogP contribution in [0.15, 0.2) is 27.4 Å². The topological polar surface area (TPSA) is 70.2 Å². The summed E-state index contributed by atoms with van der Waals surface area (Å²) in [6.45, 7) is 0.412. The van der Waals surface area contributed by atoms with Crippen LogP contribution < -0.4 is 0 Å². The highest BCUT2D eigenvalue weighted by Gasteiger charge is 2.11. The Morgan fingerprint density at radius 1 is 1.62 bits per heavy atom. The maximum absolute atomic E-state index is 11.1. The Kier molecular flexibility index (Phi) is 3.04. The fraction of sp³-hybridized carbons (Fsp3) is 0.222. The highest BCUT2D eigenvalue weighted by Crippen LogP contribution is 2.14. The number of furan rings is 1. The highest BCUT2D eigenvalue weighted by molar-refractivity contribution is 9.10. The predicted octanol–water partition coefficient (Wildman–Crippen LogP) is 1.47. The van der Waals surface area contributed by atoms with E-state index in [-0.39, 0.29) is 5.69 Å². The summed E-state index contributed by atoms with van der Waals surface area (Å²) in [5, 5.41) is 7.46. The Labute approximate surface area is 99.3 Å². The molecule has 0 aliphatic carbocycles. The third kappa shape index (κ3) is 2.30. The molecule has 7 heteroatoms. The fourth-order valence-electron chi connectivity index (χ4n) is 1.17. The summed E-state index contributed by atoms with van der Waals surface area (Å²) in [5.41, 5.74) is 0.174. The molecule has 0 aliphatic heterocycles. The lowest BCUT2D eigenvalue weighted by Gasteiger charge is -1.94. The quantitative estimate of drug-likeness (QED) is 0.799. The number of carbonyl (C=O) groups excluding carboxylic acids is 1. The van der Waals surface area contributed by atoms with E-state index in [1.165, 1.54) is 18.0 Å². The van der Waals surface area contributed by atoms with E-state index in [1.807, 2.05) is 6.07 Å². The third-order valence-electron chi connectivity index (χ3n) is 1.88. The number of carbonyl (C=O) groups is 1. The summed E-state index contributed by atoms with van der Waals surface area (Å²) in [4.78, 5) is 11.1. The van der Waals surface area contributed by atoms with Crippen LogP contribution in [0.1, 0.15) is 16.2 Å². The van der Waals surface area contributed by atoms with E-state index in [1.54, 1.807) is 6.07 Å². The number of nitrogens with zero attached hydrogens (tertiary/aromatic N) is 3. The fourth-order valence-corrected chi connectivity index (χ4v) is 1.51. The molecule has 0 unspecified atom stereocenters. The van der Waals surface area contributed by atoms with Crippen molar-refractivity contribution in [3.8, 4) is 0 Å². The second-order valence-corrected chi connectivity index (χ2v) is 3.78. The van der Waals surface area contributed by atoms with Gasteiger partial charge in [-0.3, -0.25) is 0 Å². The molecule has 2 aromatic heterocycles. The number of aromatic nitrogens is 3. The predicted molar refractivity (Wildman–Crippen MR) is 56.9 cm³/mol. The van der Waals surface area contributed by atoms with Crippen molar-refractivity contribution in [1.82, 2.24) is 15.0 Å². The van der Waals surface area contributed by atoms with Gasteiger partial charge in [-0.15, -0.1) is 5.10 Å². The average molecular weight is 286 g/mol. The number of halogens is 1. The second kappa shape index (κ2) is 4.48. The number of methoxy groups -OCH3 is 1. The van der Waals surface area contributed by atoms with Crippen LogP contribution in [-0.2, 0) is 11.3 Å². The van der Waals surface area contributed by atoms with Crippen molar-refractivity contribution in [3.05, 3.63) is 34.5 Å². The lowest BCUT2D eigenvalue weighted by molar-refractivity contribution is 0.0594. The molecular weight excluding hydrogens is 278 g/mol. The van der Waals surface area contributed by atoms with Gasteiger partial charge in [-0.1, -0.05) is 5.21 Å². The molecule has 0 radical (unpaired) electrons. The van der Waals surface area contributed by atoms with Gasteiger partial charge >= 0.3 is 5.97 Å². The van der Waals surface area contributed by atoms with E-state index in [0.29, 0.717) is 17.0 Å². The van der Waals surface area contributed by atoms with Gasteiger partial charge in [-0.05, 0) is 28.1 Å². The lowest BCUT2D eigenvalue weighted by Crippen LogP contribution is -2.01. The first-order chi connectivity index (χ1) is 7.69. The van der Waals surface area contributed by atoms with E-state index in [2.05, 4.69) is 31.0 Å². The van der Waals surface area contributed by atoms with Crippen molar-refractivity contribution in [2.45, 2.75) is 6.54 Å². The van der Waals surface area contributed by atoms with Crippen molar-refractivity contribution in [2.24, 2.45) is 0 Å². The average Bonchev–Trinajstić information content (AvgIpc) is 2.87. The number of rotatable bonds is 3. The summed E-state index contributed by atoms with van der Waals surface area (Å²) in [7, 11) is 1.30.